The molecule has 3 nitrogen and oxygen atoms in total. The van der Waals surface area contributed by atoms with Crippen LogP contribution in [0.3, 0.4) is 0 Å². The molecule has 1 aliphatic rings. The van der Waals surface area contributed by atoms with Crippen LogP contribution in [0.2, 0.25) is 0 Å². The van der Waals surface area contributed by atoms with E-state index in [-0.39, 0.29) is 12.0 Å². The van der Waals surface area contributed by atoms with Gasteiger partial charge in [0.1, 0.15) is 5.69 Å². The van der Waals surface area contributed by atoms with Crippen LogP contribution < -0.4 is 0 Å². The zero-order valence-corrected chi connectivity index (χ0v) is 11.0. The van der Waals surface area contributed by atoms with E-state index in [9.17, 15) is 4.79 Å². The van der Waals surface area contributed by atoms with Crippen molar-refractivity contribution in [3.63, 3.8) is 0 Å². The monoisotopic (exact) mass is 255 g/mol. The molecule has 1 aromatic carbocycles. The minimum Gasteiger partial charge on any atom is -0.464 e. The lowest BCUT2D eigenvalue weighted by Crippen LogP contribution is -2.16. The average Bonchev–Trinajstić information content (AvgIpc) is 2.86. The van der Waals surface area contributed by atoms with Crippen molar-refractivity contribution in [3.05, 3.63) is 48.2 Å². The number of carbonyl (C=O) groups is 1. The molecule has 0 radical (unpaired) electrons. The Morgan fingerprint density at radius 1 is 1.37 bits per heavy atom. The molecule has 0 aliphatic heterocycles. The number of hydrogen-bond acceptors (Lipinski definition) is 2. The van der Waals surface area contributed by atoms with Gasteiger partial charge in [-0.05, 0) is 31.4 Å². The van der Waals surface area contributed by atoms with Gasteiger partial charge in [-0.25, -0.2) is 4.79 Å². The van der Waals surface area contributed by atoms with Gasteiger partial charge in [0.05, 0.1) is 13.2 Å². The van der Waals surface area contributed by atoms with Crippen LogP contribution in [0.15, 0.2) is 42.5 Å². The van der Waals surface area contributed by atoms with Crippen LogP contribution in [-0.4, -0.2) is 17.6 Å². The van der Waals surface area contributed by atoms with Crippen LogP contribution in [-0.2, 0) is 4.74 Å². The van der Waals surface area contributed by atoms with Gasteiger partial charge < -0.3 is 9.30 Å². The average molecular weight is 255 g/mol. The van der Waals surface area contributed by atoms with E-state index in [0.717, 1.165) is 30.2 Å². The smallest absolute Gasteiger partial charge is 0.354 e. The van der Waals surface area contributed by atoms with Gasteiger partial charge in [-0.2, -0.15) is 0 Å². The molecule has 0 saturated carbocycles. The van der Waals surface area contributed by atoms with Crippen LogP contribution in [0, 0.1) is 0 Å². The van der Waals surface area contributed by atoms with Crippen LogP contribution in [0.5, 0.6) is 0 Å². The predicted molar refractivity (Wildman–Crippen MR) is 75.3 cm³/mol. The number of hydrogen-bond donors (Lipinski definition) is 0. The summed E-state index contributed by atoms with van der Waals surface area (Å²) in [5.41, 5.74) is 1.74. The summed E-state index contributed by atoms with van der Waals surface area (Å²) in [6.07, 6.45) is 7.75. The molecule has 3 heteroatoms. The van der Waals surface area contributed by atoms with E-state index in [1.807, 2.05) is 24.3 Å². The molecule has 0 spiro atoms. The predicted octanol–water partition coefficient (Wildman–Crippen LogP) is 3.71. The van der Waals surface area contributed by atoms with E-state index >= 15 is 0 Å². The number of nitrogens with zero attached hydrogens (tertiary/aromatic N) is 1. The lowest BCUT2D eigenvalue weighted by atomic mass is 10.0. The Hall–Kier alpha value is -2.03. The minimum atomic E-state index is -0.268. The van der Waals surface area contributed by atoms with Gasteiger partial charge in [0.15, 0.2) is 0 Å². The Balaban J connectivity index is 2.20. The molecule has 19 heavy (non-hydrogen) atoms. The SMILES string of the molecule is COC(=O)c1cc2ccccc2n1[C@@H]1C=CCCC1. The highest BCUT2D eigenvalue weighted by Crippen LogP contribution is 2.30. The number of benzene rings is 1. The number of allylic oxidation sites excluding steroid dienone is 2. The van der Waals surface area contributed by atoms with Crippen molar-refractivity contribution in [2.75, 3.05) is 7.11 Å². The summed E-state index contributed by atoms with van der Waals surface area (Å²) in [6.45, 7) is 0. The molecule has 0 fully saturated rings. The zero-order valence-electron chi connectivity index (χ0n) is 11.0. The quantitative estimate of drug-likeness (QED) is 0.605. The topological polar surface area (TPSA) is 31.2 Å². The summed E-state index contributed by atoms with van der Waals surface area (Å²) in [5.74, 6) is -0.268. The maximum Gasteiger partial charge on any atom is 0.354 e. The highest BCUT2D eigenvalue weighted by Gasteiger charge is 2.21. The Kier molecular flexibility index (Phi) is 3.11. The molecule has 0 N–H and O–H groups in total. The number of fused-ring (bicyclic) bond motifs is 1. The molecule has 2 aromatic rings. The first kappa shape index (κ1) is 12.0. The van der Waals surface area contributed by atoms with Crippen molar-refractivity contribution in [3.8, 4) is 0 Å². The van der Waals surface area contributed by atoms with Gasteiger partial charge in [-0.1, -0.05) is 30.4 Å². The third-order valence-corrected chi connectivity index (χ3v) is 3.70. The van der Waals surface area contributed by atoms with Gasteiger partial charge in [0.2, 0.25) is 0 Å². The van der Waals surface area contributed by atoms with E-state index in [1.54, 1.807) is 0 Å². The van der Waals surface area contributed by atoms with E-state index in [1.165, 1.54) is 7.11 Å². The summed E-state index contributed by atoms with van der Waals surface area (Å²) in [4.78, 5) is 12.0. The Morgan fingerprint density at radius 3 is 2.95 bits per heavy atom. The molecule has 1 aliphatic carbocycles. The molecular weight excluding hydrogens is 238 g/mol. The highest BCUT2D eigenvalue weighted by atomic mass is 16.5. The fraction of sp³-hybridized carbons (Fsp3) is 0.312. The van der Waals surface area contributed by atoms with Crippen molar-refractivity contribution < 1.29 is 9.53 Å². The third-order valence-electron chi connectivity index (χ3n) is 3.70. The maximum absolute atomic E-state index is 12.0. The van der Waals surface area contributed by atoms with Crippen molar-refractivity contribution in [1.82, 2.24) is 4.57 Å². The van der Waals surface area contributed by atoms with Gasteiger partial charge in [0.25, 0.3) is 0 Å². The van der Waals surface area contributed by atoms with Gasteiger partial charge in [-0.15, -0.1) is 0 Å². The molecule has 1 aromatic heterocycles. The maximum atomic E-state index is 12.0. The Morgan fingerprint density at radius 2 is 2.21 bits per heavy atom. The highest BCUT2D eigenvalue weighted by molar-refractivity contribution is 5.95. The molecule has 0 saturated heterocycles. The van der Waals surface area contributed by atoms with Gasteiger partial charge in [-0.3, -0.25) is 0 Å². The molecule has 0 amide bonds. The first-order valence-corrected chi connectivity index (χ1v) is 6.66. The summed E-state index contributed by atoms with van der Waals surface area (Å²) in [7, 11) is 1.43. The molecule has 3 rings (SSSR count). The molecule has 1 atom stereocenters. The standard InChI is InChI=1S/C16H17NO2/c1-19-16(18)15-11-12-7-5-6-10-14(12)17(15)13-8-3-2-4-9-13/h3,5-8,10-11,13H,2,4,9H2,1H3/t13-/m1/s1. The van der Waals surface area contributed by atoms with E-state index in [0.29, 0.717) is 5.69 Å². The Labute approximate surface area is 112 Å². The van der Waals surface area contributed by atoms with Crippen LogP contribution >= 0.6 is 0 Å². The van der Waals surface area contributed by atoms with Crippen molar-refractivity contribution >= 4 is 16.9 Å². The second-order valence-electron chi connectivity index (χ2n) is 4.88. The number of esters is 1. The molecule has 1 heterocycles. The second-order valence-corrected chi connectivity index (χ2v) is 4.88. The number of rotatable bonds is 2. The summed E-state index contributed by atoms with van der Waals surface area (Å²) >= 11 is 0. The lowest BCUT2D eigenvalue weighted by molar-refractivity contribution is 0.0587. The molecule has 98 valence electrons. The fourth-order valence-corrected chi connectivity index (χ4v) is 2.80. The number of carbonyl (C=O) groups excluding carboxylic acids is 1. The Bertz CT molecular complexity index is 639. The number of para-hydroxylation sites is 1. The fourth-order valence-electron chi connectivity index (χ4n) is 2.80. The van der Waals surface area contributed by atoms with E-state index < -0.39 is 0 Å². The number of ether oxygens (including phenoxy) is 1. The second kappa shape index (κ2) is 4.92. The van der Waals surface area contributed by atoms with E-state index in [4.69, 9.17) is 4.74 Å². The molecule has 0 bridgehead atoms. The van der Waals surface area contributed by atoms with Crippen molar-refractivity contribution in [2.24, 2.45) is 0 Å². The summed E-state index contributed by atoms with van der Waals surface area (Å²) < 4.78 is 7.02. The summed E-state index contributed by atoms with van der Waals surface area (Å²) in [6, 6.07) is 10.3. The van der Waals surface area contributed by atoms with Gasteiger partial charge >= 0.3 is 5.97 Å². The number of aromatic nitrogens is 1. The van der Waals surface area contributed by atoms with Crippen LogP contribution in [0.1, 0.15) is 35.8 Å². The zero-order chi connectivity index (χ0) is 13.2. The first-order chi connectivity index (χ1) is 9.31. The summed E-state index contributed by atoms with van der Waals surface area (Å²) in [5, 5.41) is 1.09. The van der Waals surface area contributed by atoms with Crippen molar-refractivity contribution in [2.45, 2.75) is 25.3 Å². The molecule has 0 unspecified atom stereocenters. The lowest BCUT2D eigenvalue weighted by Gasteiger charge is -2.21. The van der Waals surface area contributed by atoms with Gasteiger partial charge in [0, 0.05) is 10.9 Å². The molecular formula is C16H17NO2. The number of methoxy groups -OCH3 is 1. The van der Waals surface area contributed by atoms with Crippen LogP contribution in [0.4, 0.5) is 0 Å². The largest absolute Gasteiger partial charge is 0.464 e. The first-order valence-electron chi connectivity index (χ1n) is 6.66. The van der Waals surface area contributed by atoms with Crippen LogP contribution in [0.25, 0.3) is 10.9 Å². The third kappa shape index (κ3) is 2.05. The minimum absolute atomic E-state index is 0.253. The van der Waals surface area contributed by atoms with Crippen molar-refractivity contribution in [1.29, 1.82) is 0 Å². The van der Waals surface area contributed by atoms with E-state index in [2.05, 4.69) is 22.8 Å². The normalized spacial score (nSPS) is 18.7.